The van der Waals surface area contributed by atoms with Gasteiger partial charge in [-0.2, -0.15) is 0 Å². The maximum atomic E-state index is 5.46. The van der Waals surface area contributed by atoms with Crippen molar-refractivity contribution in [3.05, 3.63) is 29.7 Å². The third-order valence-corrected chi connectivity index (χ3v) is 3.04. The van der Waals surface area contributed by atoms with Crippen LogP contribution in [0.5, 0.6) is 0 Å². The van der Waals surface area contributed by atoms with Crippen molar-refractivity contribution in [1.29, 1.82) is 0 Å². The molecule has 1 aliphatic rings. The van der Waals surface area contributed by atoms with Crippen LogP contribution in [0.4, 0.5) is 0 Å². The maximum absolute atomic E-state index is 5.46. The van der Waals surface area contributed by atoms with Gasteiger partial charge in [-0.25, -0.2) is 4.98 Å². The van der Waals surface area contributed by atoms with Crippen molar-refractivity contribution in [1.82, 2.24) is 10.3 Å². The molecule has 2 heterocycles. The van der Waals surface area contributed by atoms with Crippen LogP contribution < -0.4 is 5.32 Å². The zero-order valence-electron chi connectivity index (χ0n) is 9.90. The molecule has 1 saturated heterocycles. The molecule has 1 atom stereocenters. The molecular formula is C13H16N2O2. The fourth-order valence-electron chi connectivity index (χ4n) is 2.25. The summed E-state index contributed by atoms with van der Waals surface area (Å²) in [4.78, 5) is 4.35. The molecule has 0 saturated carbocycles. The van der Waals surface area contributed by atoms with E-state index in [1.165, 1.54) is 5.56 Å². The van der Waals surface area contributed by atoms with Gasteiger partial charge in [-0.05, 0) is 24.1 Å². The Hall–Kier alpha value is -1.39. The minimum absolute atomic E-state index is 0.411. The number of ether oxygens (including phenoxy) is 1. The van der Waals surface area contributed by atoms with Crippen LogP contribution in [0.2, 0.25) is 0 Å². The number of hydrogen-bond acceptors (Lipinski definition) is 4. The van der Waals surface area contributed by atoms with Crippen molar-refractivity contribution in [2.75, 3.05) is 19.8 Å². The molecule has 4 nitrogen and oxygen atoms in total. The number of hydrogen-bond donors (Lipinski definition) is 1. The van der Waals surface area contributed by atoms with E-state index in [1.54, 1.807) is 0 Å². The van der Waals surface area contributed by atoms with E-state index >= 15 is 0 Å². The molecule has 2 aromatic rings. The lowest BCUT2D eigenvalue weighted by molar-refractivity contribution is 0.0770. The summed E-state index contributed by atoms with van der Waals surface area (Å²) in [6.07, 6.45) is 0.974. The SMILES string of the molecule is Cc1nc2cc(CC3COCCN3)ccc2o1. The molecule has 1 N–H and O–H groups in total. The van der Waals surface area contributed by atoms with Crippen molar-refractivity contribution < 1.29 is 9.15 Å². The molecule has 1 aromatic heterocycles. The number of rotatable bonds is 2. The predicted octanol–water partition coefficient (Wildman–Crippen LogP) is 1.67. The Morgan fingerprint density at radius 3 is 3.24 bits per heavy atom. The Morgan fingerprint density at radius 1 is 1.47 bits per heavy atom. The summed E-state index contributed by atoms with van der Waals surface area (Å²) in [5.74, 6) is 0.719. The summed E-state index contributed by atoms with van der Waals surface area (Å²) < 4.78 is 10.9. The van der Waals surface area contributed by atoms with Gasteiger partial charge < -0.3 is 14.5 Å². The van der Waals surface area contributed by atoms with Gasteiger partial charge in [-0.3, -0.25) is 0 Å². The monoisotopic (exact) mass is 232 g/mol. The van der Waals surface area contributed by atoms with Crippen LogP contribution in [0.3, 0.4) is 0 Å². The Kier molecular flexibility index (Phi) is 2.82. The topological polar surface area (TPSA) is 47.3 Å². The van der Waals surface area contributed by atoms with Gasteiger partial charge in [0, 0.05) is 19.5 Å². The molecule has 0 radical (unpaired) electrons. The van der Waals surface area contributed by atoms with Crippen LogP contribution >= 0.6 is 0 Å². The van der Waals surface area contributed by atoms with Gasteiger partial charge in [-0.1, -0.05) is 6.07 Å². The number of aromatic nitrogens is 1. The summed E-state index contributed by atoms with van der Waals surface area (Å²) >= 11 is 0. The number of nitrogens with zero attached hydrogens (tertiary/aromatic N) is 1. The summed E-state index contributed by atoms with van der Waals surface area (Å²) in [5, 5.41) is 3.45. The molecule has 1 unspecified atom stereocenters. The highest BCUT2D eigenvalue weighted by Gasteiger charge is 2.14. The molecule has 0 spiro atoms. The lowest BCUT2D eigenvalue weighted by Crippen LogP contribution is -2.42. The zero-order chi connectivity index (χ0) is 11.7. The van der Waals surface area contributed by atoms with E-state index in [0.717, 1.165) is 43.2 Å². The molecule has 17 heavy (non-hydrogen) atoms. The van der Waals surface area contributed by atoms with Crippen molar-refractivity contribution >= 4 is 11.1 Å². The van der Waals surface area contributed by atoms with E-state index < -0.39 is 0 Å². The second kappa shape index (κ2) is 4.47. The molecule has 4 heteroatoms. The second-order valence-corrected chi connectivity index (χ2v) is 4.47. The molecule has 0 bridgehead atoms. The highest BCUT2D eigenvalue weighted by molar-refractivity contribution is 5.73. The summed E-state index contributed by atoms with van der Waals surface area (Å²) in [7, 11) is 0. The first-order chi connectivity index (χ1) is 8.31. The average Bonchev–Trinajstić information content (AvgIpc) is 2.70. The fraction of sp³-hybridized carbons (Fsp3) is 0.462. The standard InChI is InChI=1S/C13H16N2O2/c1-9-15-12-7-10(2-3-13(12)17-9)6-11-8-16-5-4-14-11/h2-3,7,11,14H,4-6,8H2,1H3. The van der Waals surface area contributed by atoms with Gasteiger partial charge in [0.15, 0.2) is 11.5 Å². The lowest BCUT2D eigenvalue weighted by atomic mass is 10.1. The molecule has 3 rings (SSSR count). The quantitative estimate of drug-likeness (QED) is 0.855. The summed E-state index contributed by atoms with van der Waals surface area (Å²) in [6, 6.07) is 6.61. The average molecular weight is 232 g/mol. The van der Waals surface area contributed by atoms with Gasteiger partial charge in [-0.15, -0.1) is 0 Å². The number of benzene rings is 1. The first-order valence-corrected chi connectivity index (χ1v) is 5.98. The zero-order valence-corrected chi connectivity index (χ0v) is 9.90. The van der Waals surface area contributed by atoms with Crippen molar-refractivity contribution in [3.8, 4) is 0 Å². The van der Waals surface area contributed by atoms with E-state index in [1.807, 2.05) is 13.0 Å². The molecular weight excluding hydrogens is 216 g/mol. The van der Waals surface area contributed by atoms with Crippen LogP contribution in [-0.4, -0.2) is 30.8 Å². The number of fused-ring (bicyclic) bond motifs is 1. The molecule has 1 fully saturated rings. The Balaban J connectivity index is 1.79. The largest absolute Gasteiger partial charge is 0.441 e. The first kappa shape index (κ1) is 10.7. The third-order valence-electron chi connectivity index (χ3n) is 3.04. The summed E-state index contributed by atoms with van der Waals surface area (Å²) in [5.41, 5.74) is 3.07. The molecule has 90 valence electrons. The third kappa shape index (κ3) is 2.33. The second-order valence-electron chi connectivity index (χ2n) is 4.47. The van der Waals surface area contributed by atoms with Gasteiger partial charge in [0.1, 0.15) is 5.52 Å². The molecule has 0 aliphatic carbocycles. The lowest BCUT2D eigenvalue weighted by Gasteiger charge is -2.23. The van der Waals surface area contributed by atoms with E-state index in [9.17, 15) is 0 Å². The number of nitrogens with one attached hydrogen (secondary N) is 1. The van der Waals surface area contributed by atoms with E-state index in [2.05, 4.69) is 22.4 Å². The van der Waals surface area contributed by atoms with Crippen molar-refractivity contribution in [3.63, 3.8) is 0 Å². The van der Waals surface area contributed by atoms with Crippen LogP contribution in [0.1, 0.15) is 11.5 Å². The van der Waals surface area contributed by atoms with Crippen molar-refractivity contribution in [2.45, 2.75) is 19.4 Å². The molecule has 1 aromatic carbocycles. The Bertz CT molecular complexity index is 515. The van der Waals surface area contributed by atoms with Crippen LogP contribution in [0.25, 0.3) is 11.1 Å². The van der Waals surface area contributed by atoms with Crippen LogP contribution in [0.15, 0.2) is 22.6 Å². The molecule has 1 aliphatic heterocycles. The minimum atomic E-state index is 0.411. The minimum Gasteiger partial charge on any atom is -0.441 e. The first-order valence-electron chi connectivity index (χ1n) is 5.98. The highest BCUT2D eigenvalue weighted by atomic mass is 16.5. The van der Waals surface area contributed by atoms with E-state index in [4.69, 9.17) is 9.15 Å². The van der Waals surface area contributed by atoms with Gasteiger partial charge in [0.25, 0.3) is 0 Å². The van der Waals surface area contributed by atoms with Gasteiger partial charge >= 0.3 is 0 Å². The number of morpholine rings is 1. The smallest absolute Gasteiger partial charge is 0.192 e. The fourth-order valence-corrected chi connectivity index (χ4v) is 2.25. The number of aryl methyl sites for hydroxylation is 1. The Labute approximate surface area is 100.0 Å². The van der Waals surface area contributed by atoms with Crippen LogP contribution in [0, 0.1) is 6.92 Å². The molecule has 0 amide bonds. The highest BCUT2D eigenvalue weighted by Crippen LogP contribution is 2.18. The summed E-state index contributed by atoms with van der Waals surface area (Å²) in [6.45, 7) is 4.42. The predicted molar refractivity (Wildman–Crippen MR) is 65.1 cm³/mol. The van der Waals surface area contributed by atoms with Crippen LogP contribution in [-0.2, 0) is 11.2 Å². The van der Waals surface area contributed by atoms with Crippen molar-refractivity contribution in [2.24, 2.45) is 0 Å². The number of oxazole rings is 1. The van der Waals surface area contributed by atoms with E-state index in [0.29, 0.717) is 6.04 Å². The Morgan fingerprint density at radius 2 is 2.41 bits per heavy atom. The van der Waals surface area contributed by atoms with Gasteiger partial charge in [0.2, 0.25) is 0 Å². The van der Waals surface area contributed by atoms with Gasteiger partial charge in [0.05, 0.1) is 13.2 Å². The maximum Gasteiger partial charge on any atom is 0.192 e. The van der Waals surface area contributed by atoms with E-state index in [-0.39, 0.29) is 0 Å². The normalized spacial score (nSPS) is 20.9.